The highest BCUT2D eigenvalue weighted by atomic mass is 35.5. The predicted molar refractivity (Wildman–Crippen MR) is 90.3 cm³/mol. The monoisotopic (exact) mass is 391 g/mol. The maximum Gasteiger partial charge on any atom is 0.349 e. The first-order valence-electron chi connectivity index (χ1n) is 7.04. The summed E-state index contributed by atoms with van der Waals surface area (Å²) < 4.78 is 14.7. The quantitative estimate of drug-likeness (QED) is 0.133. The Morgan fingerprint density at radius 2 is 1.56 bits per heavy atom. The third-order valence-electron chi connectivity index (χ3n) is 2.87. The molecule has 0 atom stereocenters. The van der Waals surface area contributed by atoms with Gasteiger partial charge in [-0.25, -0.2) is 9.59 Å². The van der Waals surface area contributed by atoms with E-state index in [0.29, 0.717) is 0 Å². The van der Waals surface area contributed by atoms with Gasteiger partial charge in [-0.05, 0) is 19.9 Å². The SMILES string of the molecule is CCOC(=O)C(C(=O)OCC)=C(OC)c1cc(Cl)c(Cl)cc1[N+](=O)[O-]. The number of rotatable bonds is 7. The van der Waals surface area contributed by atoms with Crippen molar-refractivity contribution in [2.75, 3.05) is 20.3 Å². The van der Waals surface area contributed by atoms with Crippen molar-refractivity contribution in [2.45, 2.75) is 13.8 Å². The largest absolute Gasteiger partial charge is 0.495 e. The van der Waals surface area contributed by atoms with E-state index >= 15 is 0 Å². The highest BCUT2D eigenvalue weighted by Crippen LogP contribution is 2.36. The molecule has 0 unspecified atom stereocenters. The van der Waals surface area contributed by atoms with Crippen LogP contribution >= 0.6 is 23.2 Å². The average Bonchev–Trinajstić information content (AvgIpc) is 2.54. The molecule has 10 heteroatoms. The molecule has 1 aromatic rings. The maximum absolute atomic E-state index is 12.2. The molecule has 0 N–H and O–H groups in total. The molecule has 0 radical (unpaired) electrons. The van der Waals surface area contributed by atoms with E-state index in [4.69, 9.17) is 37.4 Å². The van der Waals surface area contributed by atoms with Crippen LogP contribution in [0.1, 0.15) is 19.4 Å². The Kier molecular flexibility index (Phi) is 7.66. The Morgan fingerprint density at radius 1 is 1.08 bits per heavy atom. The summed E-state index contributed by atoms with van der Waals surface area (Å²) in [5, 5.41) is 11.2. The number of carbonyl (C=O) groups is 2. The Labute approximate surface area is 153 Å². The number of esters is 2. The first-order valence-corrected chi connectivity index (χ1v) is 7.80. The Bertz CT molecular complexity index is 711. The Balaban J connectivity index is 3.76. The summed E-state index contributed by atoms with van der Waals surface area (Å²) >= 11 is 11.7. The topological polar surface area (TPSA) is 105 Å². The number of nitrogens with zero attached hydrogens (tertiary/aromatic N) is 1. The number of methoxy groups -OCH3 is 1. The highest BCUT2D eigenvalue weighted by molar-refractivity contribution is 6.42. The average molecular weight is 392 g/mol. The molecule has 0 saturated carbocycles. The fourth-order valence-electron chi connectivity index (χ4n) is 1.89. The van der Waals surface area contributed by atoms with Crippen LogP contribution in [0, 0.1) is 10.1 Å². The first-order chi connectivity index (χ1) is 11.8. The molecule has 0 saturated heterocycles. The summed E-state index contributed by atoms with van der Waals surface area (Å²) in [5.74, 6) is -2.49. The lowest BCUT2D eigenvalue weighted by Crippen LogP contribution is -2.21. The lowest BCUT2D eigenvalue weighted by atomic mass is 10.1. The molecule has 136 valence electrons. The molecule has 1 aromatic carbocycles. The normalized spacial score (nSPS) is 9.96. The molecule has 8 nitrogen and oxygen atoms in total. The van der Waals surface area contributed by atoms with E-state index in [0.717, 1.165) is 19.2 Å². The second-order valence-corrected chi connectivity index (χ2v) is 5.20. The van der Waals surface area contributed by atoms with Gasteiger partial charge in [-0.1, -0.05) is 23.2 Å². The van der Waals surface area contributed by atoms with Crippen LogP contribution in [0.15, 0.2) is 17.7 Å². The number of nitro benzene ring substituents is 1. The van der Waals surface area contributed by atoms with Gasteiger partial charge in [0.05, 0.1) is 40.9 Å². The molecule has 0 fully saturated rings. The van der Waals surface area contributed by atoms with E-state index in [1.165, 1.54) is 13.8 Å². The number of halogens is 2. The van der Waals surface area contributed by atoms with Crippen LogP contribution in [-0.2, 0) is 23.8 Å². The minimum Gasteiger partial charge on any atom is -0.495 e. The fourth-order valence-corrected chi connectivity index (χ4v) is 2.21. The Morgan fingerprint density at radius 3 is 1.96 bits per heavy atom. The summed E-state index contributed by atoms with van der Waals surface area (Å²) in [5.41, 5.74) is -1.33. The molecule has 0 spiro atoms. The lowest BCUT2D eigenvalue weighted by molar-refractivity contribution is -0.385. The number of hydrogen-bond acceptors (Lipinski definition) is 7. The highest BCUT2D eigenvalue weighted by Gasteiger charge is 2.32. The summed E-state index contributed by atoms with van der Waals surface area (Å²) in [6.45, 7) is 3.02. The van der Waals surface area contributed by atoms with Gasteiger partial charge in [0.2, 0.25) is 0 Å². The van der Waals surface area contributed by atoms with E-state index in [1.807, 2.05) is 0 Å². The Hall–Kier alpha value is -2.32. The fraction of sp³-hybridized carbons (Fsp3) is 0.333. The third kappa shape index (κ3) is 4.83. The second-order valence-electron chi connectivity index (χ2n) is 4.39. The van der Waals surface area contributed by atoms with Crippen molar-refractivity contribution in [1.29, 1.82) is 0 Å². The molecule has 0 aliphatic heterocycles. The van der Waals surface area contributed by atoms with Crippen LogP contribution < -0.4 is 0 Å². The van der Waals surface area contributed by atoms with Crippen molar-refractivity contribution >= 4 is 46.6 Å². The van der Waals surface area contributed by atoms with Crippen LogP contribution in [0.25, 0.3) is 5.76 Å². The first kappa shape index (κ1) is 20.7. The zero-order valence-corrected chi connectivity index (χ0v) is 15.1. The number of ether oxygens (including phenoxy) is 3. The van der Waals surface area contributed by atoms with Crippen molar-refractivity contribution in [3.8, 4) is 0 Å². The molecule has 1 rings (SSSR count). The van der Waals surface area contributed by atoms with Crippen LogP contribution in [0.4, 0.5) is 5.69 Å². The van der Waals surface area contributed by atoms with Crippen molar-refractivity contribution in [3.05, 3.63) is 43.4 Å². The molecule has 25 heavy (non-hydrogen) atoms. The van der Waals surface area contributed by atoms with Crippen molar-refractivity contribution in [1.82, 2.24) is 0 Å². The molecule has 0 amide bonds. The molecule has 0 heterocycles. The molecule has 0 aliphatic rings. The maximum atomic E-state index is 12.2. The molecule has 0 aromatic heterocycles. The van der Waals surface area contributed by atoms with Gasteiger partial charge in [0.15, 0.2) is 11.3 Å². The minimum atomic E-state index is -1.04. The lowest BCUT2D eigenvalue weighted by Gasteiger charge is -2.13. The van der Waals surface area contributed by atoms with E-state index in [1.54, 1.807) is 0 Å². The van der Waals surface area contributed by atoms with Gasteiger partial charge < -0.3 is 14.2 Å². The van der Waals surface area contributed by atoms with Crippen LogP contribution in [0.2, 0.25) is 10.0 Å². The smallest absolute Gasteiger partial charge is 0.349 e. The zero-order chi connectivity index (χ0) is 19.1. The van der Waals surface area contributed by atoms with E-state index in [-0.39, 0.29) is 28.8 Å². The predicted octanol–water partition coefficient (Wildman–Crippen LogP) is 3.39. The van der Waals surface area contributed by atoms with E-state index in [9.17, 15) is 19.7 Å². The number of benzene rings is 1. The molecular weight excluding hydrogens is 377 g/mol. The number of nitro groups is 1. The minimum absolute atomic E-state index is 0.0242. The standard InChI is InChI=1S/C15H15Cl2NO7/c1-4-24-14(19)12(15(20)25-5-2)13(23-3)8-6-9(16)10(17)7-11(8)18(21)22/h6-7H,4-5H2,1-3H3. The molecule has 0 aliphatic carbocycles. The van der Waals surface area contributed by atoms with Gasteiger partial charge in [0.1, 0.15) is 0 Å². The van der Waals surface area contributed by atoms with Gasteiger partial charge in [-0.3, -0.25) is 10.1 Å². The summed E-state index contributed by atoms with van der Waals surface area (Å²) in [7, 11) is 1.14. The second kappa shape index (κ2) is 9.24. The van der Waals surface area contributed by atoms with Crippen LogP contribution in [0.3, 0.4) is 0 Å². The van der Waals surface area contributed by atoms with E-state index < -0.39 is 33.9 Å². The summed E-state index contributed by atoms with van der Waals surface area (Å²) in [6, 6.07) is 2.12. The van der Waals surface area contributed by atoms with Gasteiger partial charge >= 0.3 is 11.9 Å². The van der Waals surface area contributed by atoms with E-state index in [2.05, 4.69) is 0 Å². The van der Waals surface area contributed by atoms with Crippen molar-refractivity contribution in [2.24, 2.45) is 0 Å². The summed E-state index contributed by atoms with van der Waals surface area (Å²) in [4.78, 5) is 34.9. The van der Waals surface area contributed by atoms with Crippen molar-refractivity contribution < 1.29 is 28.7 Å². The van der Waals surface area contributed by atoms with Gasteiger partial charge in [-0.2, -0.15) is 0 Å². The third-order valence-corrected chi connectivity index (χ3v) is 3.59. The molecule has 0 bridgehead atoms. The number of hydrogen-bond donors (Lipinski definition) is 0. The van der Waals surface area contributed by atoms with Gasteiger partial charge in [0, 0.05) is 6.07 Å². The zero-order valence-electron chi connectivity index (χ0n) is 13.6. The van der Waals surface area contributed by atoms with Crippen LogP contribution in [0.5, 0.6) is 0 Å². The number of carbonyl (C=O) groups excluding carboxylic acids is 2. The summed E-state index contributed by atoms with van der Waals surface area (Å²) in [6.07, 6.45) is 0. The van der Waals surface area contributed by atoms with Crippen LogP contribution in [-0.4, -0.2) is 37.2 Å². The molecular formula is C15H15Cl2NO7. The van der Waals surface area contributed by atoms with Gasteiger partial charge in [0.25, 0.3) is 5.69 Å². The van der Waals surface area contributed by atoms with Gasteiger partial charge in [-0.15, -0.1) is 0 Å². The van der Waals surface area contributed by atoms with Crippen molar-refractivity contribution in [3.63, 3.8) is 0 Å².